The molecule has 4 rings (SSSR count). The van der Waals surface area contributed by atoms with Gasteiger partial charge in [0.05, 0.1) is 25.8 Å². The van der Waals surface area contributed by atoms with Crippen LogP contribution in [-0.2, 0) is 11.2 Å². The predicted molar refractivity (Wildman–Crippen MR) is 116 cm³/mol. The molecule has 0 aliphatic heterocycles. The summed E-state index contributed by atoms with van der Waals surface area (Å²) < 4.78 is 10.5. The van der Waals surface area contributed by atoms with Gasteiger partial charge in [-0.05, 0) is 37.8 Å². The van der Waals surface area contributed by atoms with E-state index in [0.717, 1.165) is 36.3 Å². The monoisotopic (exact) mass is 429 g/mol. The van der Waals surface area contributed by atoms with Crippen molar-refractivity contribution in [3.05, 3.63) is 34.3 Å². The number of aryl methyl sites for hydroxylation is 1. The van der Waals surface area contributed by atoms with Crippen molar-refractivity contribution < 1.29 is 19.1 Å². The molecule has 1 aromatic carbocycles. The number of nitrogens with one attached hydrogen (secondary N) is 2. The maximum atomic E-state index is 12.8. The Kier molecular flexibility index (Phi) is 6.22. The largest absolute Gasteiger partial charge is 0.497 e. The third kappa shape index (κ3) is 4.43. The fraction of sp³-hybridized carbons (Fsp3) is 0.500. The van der Waals surface area contributed by atoms with Crippen LogP contribution >= 0.6 is 11.3 Å². The summed E-state index contributed by atoms with van der Waals surface area (Å²) in [5.74, 6) is 0.645. The quantitative estimate of drug-likeness (QED) is 0.727. The normalized spacial score (nSPS) is 18.5. The van der Waals surface area contributed by atoms with E-state index in [1.807, 2.05) is 0 Å². The summed E-state index contributed by atoms with van der Waals surface area (Å²) in [6.07, 6.45) is 7.36. The molecular formula is C22H27N3O4S. The van der Waals surface area contributed by atoms with Crippen LogP contribution < -0.4 is 20.1 Å². The van der Waals surface area contributed by atoms with Gasteiger partial charge in [-0.15, -0.1) is 11.3 Å². The molecule has 2 amide bonds. The van der Waals surface area contributed by atoms with E-state index in [1.54, 1.807) is 32.4 Å². The first-order chi connectivity index (χ1) is 14.6. The SMILES string of the molecule is COc1cc(OC)cc(C(=O)Nc2nc3c(s2)CCC3C(=O)NC2CCCCC2)c1. The van der Waals surface area contributed by atoms with Crippen LogP contribution in [0.25, 0.3) is 0 Å². The first kappa shape index (κ1) is 20.7. The molecule has 0 saturated heterocycles. The second-order valence-electron chi connectivity index (χ2n) is 7.82. The Balaban J connectivity index is 1.44. The second-order valence-corrected chi connectivity index (χ2v) is 8.90. The molecule has 0 radical (unpaired) electrons. The maximum absolute atomic E-state index is 12.8. The van der Waals surface area contributed by atoms with E-state index < -0.39 is 0 Å². The summed E-state index contributed by atoms with van der Waals surface area (Å²) in [5, 5.41) is 6.59. The molecule has 160 valence electrons. The van der Waals surface area contributed by atoms with Crippen LogP contribution in [0.15, 0.2) is 18.2 Å². The molecule has 2 aromatic rings. The van der Waals surface area contributed by atoms with E-state index in [1.165, 1.54) is 30.6 Å². The van der Waals surface area contributed by atoms with Crippen molar-refractivity contribution in [3.8, 4) is 11.5 Å². The average Bonchev–Trinajstić information content (AvgIpc) is 3.34. The summed E-state index contributed by atoms with van der Waals surface area (Å²) in [6.45, 7) is 0. The average molecular weight is 430 g/mol. The van der Waals surface area contributed by atoms with E-state index in [9.17, 15) is 9.59 Å². The Morgan fingerprint density at radius 2 is 1.73 bits per heavy atom. The lowest BCUT2D eigenvalue weighted by Crippen LogP contribution is -2.38. The van der Waals surface area contributed by atoms with Gasteiger partial charge in [0.1, 0.15) is 11.5 Å². The van der Waals surface area contributed by atoms with Crippen molar-refractivity contribution in [1.82, 2.24) is 10.3 Å². The van der Waals surface area contributed by atoms with Crippen LogP contribution in [-0.4, -0.2) is 37.1 Å². The second kappa shape index (κ2) is 9.04. The summed E-state index contributed by atoms with van der Waals surface area (Å²) in [4.78, 5) is 31.2. The summed E-state index contributed by atoms with van der Waals surface area (Å²) in [5.41, 5.74) is 1.24. The number of thiazole rings is 1. The van der Waals surface area contributed by atoms with Gasteiger partial charge in [0.25, 0.3) is 5.91 Å². The van der Waals surface area contributed by atoms with Crippen molar-refractivity contribution in [3.63, 3.8) is 0 Å². The number of rotatable bonds is 6. The first-order valence-corrected chi connectivity index (χ1v) is 11.2. The molecule has 2 aliphatic rings. The molecule has 0 spiro atoms. The van der Waals surface area contributed by atoms with Gasteiger partial charge in [-0.2, -0.15) is 0 Å². The van der Waals surface area contributed by atoms with Gasteiger partial charge in [0, 0.05) is 22.5 Å². The highest BCUT2D eigenvalue weighted by Gasteiger charge is 2.34. The predicted octanol–water partition coefficient (Wildman–Crippen LogP) is 3.89. The number of amides is 2. The van der Waals surface area contributed by atoms with Crippen LogP contribution in [0.3, 0.4) is 0 Å². The lowest BCUT2D eigenvalue weighted by atomic mass is 9.94. The first-order valence-electron chi connectivity index (χ1n) is 10.4. The van der Waals surface area contributed by atoms with Crippen molar-refractivity contribution in [2.45, 2.75) is 56.9 Å². The summed E-state index contributed by atoms with van der Waals surface area (Å²) in [7, 11) is 3.08. The molecule has 7 nitrogen and oxygen atoms in total. The van der Waals surface area contributed by atoms with Crippen molar-refractivity contribution in [1.29, 1.82) is 0 Å². The Morgan fingerprint density at radius 1 is 1.03 bits per heavy atom. The highest BCUT2D eigenvalue weighted by Crippen LogP contribution is 2.39. The molecule has 2 N–H and O–H groups in total. The fourth-order valence-corrected chi connectivity index (χ4v) is 5.23. The zero-order valence-electron chi connectivity index (χ0n) is 17.3. The van der Waals surface area contributed by atoms with Crippen molar-refractivity contribution in [2.24, 2.45) is 0 Å². The number of carbonyl (C=O) groups excluding carboxylic acids is 2. The Bertz CT molecular complexity index is 914. The number of methoxy groups -OCH3 is 2. The van der Waals surface area contributed by atoms with Crippen LogP contribution in [0.1, 0.15) is 65.4 Å². The number of carbonyl (C=O) groups is 2. The molecule has 1 aromatic heterocycles. The molecule has 1 unspecified atom stereocenters. The highest BCUT2D eigenvalue weighted by molar-refractivity contribution is 7.16. The van der Waals surface area contributed by atoms with E-state index >= 15 is 0 Å². The van der Waals surface area contributed by atoms with Gasteiger partial charge >= 0.3 is 0 Å². The molecule has 1 heterocycles. The van der Waals surface area contributed by atoms with Gasteiger partial charge in [0.2, 0.25) is 5.91 Å². The van der Waals surface area contributed by atoms with Gasteiger partial charge < -0.3 is 14.8 Å². The Hall–Kier alpha value is -2.61. The van der Waals surface area contributed by atoms with E-state index in [4.69, 9.17) is 9.47 Å². The van der Waals surface area contributed by atoms with Gasteiger partial charge in [-0.1, -0.05) is 19.3 Å². The number of benzene rings is 1. The Morgan fingerprint density at radius 3 is 2.40 bits per heavy atom. The van der Waals surface area contributed by atoms with E-state index in [0.29, 0.717) is 22.2 Å². The van der Waals surface area contributed by atoms with Gasteiger partial charge in [-0.25, -0.2) is 4.98 Å². The zero-order chi connectivity index (χ0) is 21.1. The molecule has 0 bridgehead atoms. The minimum Gasteiger partial charge on any atom is -0.497 e. The number of hydrogen-bond donors (Lipinski definition) is 2. The molecule has 1 atom stereocenters. The minimum absolute atomic E-state index is 0.0707. The van der Waals surface area contributed by atoms with Crippen LogP contribution in [0, 0.1) is 0 Å². The van der Waals surface area contributed by atoms with Crippen molar-refractivity contribution in [2.75, 3.05) is 19.5 Å². The molecule has 1 fully saturated rings. The standard InChI is InChI=1S/C22H27N3O4S/c1-28-15-10-13(11-16(12-15)29-2)20(26)25-22-24-19-17(8-9-18(19)30-22)21(27)23-14-6-4-3-5-7-14/h10-12,14,17H,3-9H2,1-2H3,(H,23,27)(H,24,25,26). The number of anilines is 1. The molecule has 8 heteroatoms. The molecule has 2 aliphatic carbocycles. The smallest absolute Gasteiger partial charge is 0.257 e. The van der Waals surface area contributed by atoms with Crippen LogP contribution in [0.2, 0.25) is 0 Å². The van der Waals surface area contributed by atoms with E-state index in [-0.39, 0.29) is 23.8 Å². The fourth-order valence-electron chi connectivity index (χ4n) is 4.19. The molecular weight excluding hydrogens is 402 g/mol. The Labute approximate surface area is 180 Å². The zero-order valence-corrected chi connectivity index (χ0v) is 18.1. The van der Waals surface area contributed by atoms with Crippen LogP contribution in [0.5, 0.6) is 11.5 Å². The van der Waals surface area contributed by atoms with E-state index in [2.05, 4.69) is 15.6 Å². The third-order valence-corrected chi connectivity index (χ3v) is 6.87. The number of hydrogen-bond acceptors (Lipinski definition) is 6. The van der Waals surface area contributed by atoms with Gasteiger partial charge in [0.15, 0.2) is 5.13 Å². The third-order valence-electron chi connectivity index (χ3n) is 5.82. The number of fused-ring (bicyclic) bond motifs is 1. The number of aromatic nitrogens is 1. The topological polar surface area (TPSA) is 89.6 Å². The maximum Gasteiger partial charge on any atom is 0.257 e. The van der Waals surface area contributed by atoms with Gasteiger partial charge in [-0.3, -0.25) is 14.9 Å². The number of nitrogens with zero attached hydrogens (tertiary/aromatic N) is 1. The number of ether oxygens (including phenoxy) is 2. The lowest BCUT2D eigenvalue weighted by Gasteiger charge is -2.24. The van der Waals surface area contributed by atoms with Crippen LogP contribution in [0.4, 0.5) is 5.13 Å². The lowest BCUT2D eigenvalue weighted by molar-refractivity contribution is -0.123. The molecule has 1 saturated carbocycles. The minimum atomic E-state index is -0.289. The summed E-state index contributed by atoms with van der Waals surface area (Å²) >= 11 is 1.45. The highest BCUT2D eigenvalue weighted by atomic mass is 32.1. The van der Waals surface area contributed by atoms with Crippen molar-refractivity contribution >= 4 is 28.3 Å². The summed E-state index contributed by atoms with van der Waals surface area (Å²) in [6, 6.07) is 5.31. The molecule has 30 heavy (non-hydrogen) atoms.